The maximum Gasteiger partial charge on any atom is 0.244 e. The molecule has 0 aliphatic rings. The van der Waals surface area contributed by atoms with Gasteiger partial charge < -0.3 is 15.0 Å². The van der Waals surface area contributed by atoms with Crippen LogP contribution in [0.15, 0.2) is 35.1 Å². The number of pyridine rings is 1. The summed E-state index contributed by atoms with van der Waals surface area (Å²) in [5.41, 5.74) is 2.89. The van der Waals surface area contributed by atoms with E-state index in [1.54, 1.807) is 30.5 Å². The SMILES string of the molecule is Cc1cc(O)ccc1NC(=O)Cn1c(C)cc(=O)cc1C. The van der Waals surface area contributed by atoms with E-state index in [1.807, 2.05) is 6.92 Å². The Morgan fingerprint density at radius 1 is 1.14 bits per heavy atom. The highest BCUT2D eigenvalue weighted by atomic mass is 16.3. The number of carbonyl (C=O) groups is 1. The first-order chi connectivity index (χ1) is 9.86. The molecule has 0 aliphatic carbocycles. The molecule has 0 spiro atoms. The fourth-order valence-corrected chi connectivity index (χ4v) is 2.26. The smallest absolute Gasteiger partial charge is 0.244 e. The highest BCUT2D eigenvalue weighted by molar-refractivity contribution is 5.91. The van der Waals surface area contributed by atoms with Gasteiger partial charge in [0.1, 0.15) is 12.3 Å². The first-order valence-corrected chi connectivity index (χ1v) is 6.64. The molecule has 0 fully saturated rings. The summed E-state index contributed by atoms with van der Waals surface area (Å²) in [6.07, 6.45) is 0. The number of amides is 1. The summed E-state index contributed by atoms with van der Waals surface area (Å²) in [4.78, 5) is 23.5. The number of benzene rings is 1. The number of anilines is 1. The number of carbonyl (C=O) groups excluding carboxylic acids is 1. The summed E-state index contributed by atoms with van der Waals surface area (Å²) in [5.74, 6) is -0.0174. The largest absolute Gasteiger partial charge is 0.508 e. The Bertz CT molecular complexity index is 721. The van der Waals surface area contributed by atoms with Crippen molar-refractivity contribution >= 4 is 11.6 Å². The zero-order chi connectivity index (χ0) is 15.6. The molecular formula is C16H18N2O3. The monoisotopic (exact) mass is 286 g/mol. The van der Waals surface area contributed by atoms with Crippen LogP contribution in [0, 0.1) is 20.8 Å². The Labute approximate surface area is 122 Å². The van der Waals surface area contributed by atoms with E-state index in [9.17, 15) is 14.7 Å². The van der Waals surface area contributed by atoms with Crippen molar-refractivity contribution in [1.29, 1.82) is 0 Å². The van der Waals surface area contributed by atoms with Gasteiger partial charge in [-0.25, -0.2) is 0 Å². The van der Waals surface area contributed by atoms with Gasteiger partial charge in [0.2, 0.25) is 5.91 Å². The number of aromatic hydroxyl groups is 1. The third-order valence-corrected chi connectivity index (χ3v) is 3.34. The topological polar surface area (TPSA) is 71.3 Å². The van der Waals surface area contributed by atoms with E-state index < -0.39 is 0 Å². The number of aryl methyl sites for hydroxylation is 3. The summed E-state index contributed by atoms with van der Waals surface area (Å²) in [5, 5.41) is 12.2. The summed E-state index contributed by atoms with van der Waals surface area (Å²) in [7, 11) is 0. The minimum atomic E-state index is -0.182. The van der Waals surface area contributed by atoms with E-state index in [4.69, 9.17) is 0 Å². The number of nitrogens with one attached hydrogen (secondary N) is 1. The Hall–Kier alpha value is -2.56. The molecule has 1 amide bonds. The van der Waals surface area contributed by atoms with Crippen molar-refractivity contribution in [2.24, 2.45) is 0 Å². The molecule has 110 valence electrons. The van der Waals surface area contributed by atoms with Gasteiger partial charge in [0.25, 0.3) is 0 Å². The maximum absolute atomic E-state index is 12.1. The van der Waals surface area contributed by atoms with Crippen LogP contribution in [0.1, 0.15) is 17.0 Å². The number of phenolic OH excluding ortho intramolecular Hbond substituents is 1. The molecule has 1 aromatic carbocycles. The highest BCUT2D eigenvalue weighted by Crippen LogP contribution is 2.20. The number of rotatable bonds is 3. The molecule has 0 aliphatic heterocycles. The van der Waals surface area contributed by atoms with Crippen LogP contribution in [0.2, 0.25) is 0 Å². The second kappa shape index (κ2) is 5.83. The Kier molecular flexibility index (Phi) is 4.12. The Morgan fingerprint density at radius 3 is 2.33 bits per heavy atom. The van der Waals surface area contributed by atoms with Crippen molar-refractivity contribution in [3.05, 3.63) is 57.5 Å². The maximum atomic E-state index is 12.1. The molecular weight excluding hydrogens is 268 g/mol. The predicted molar refractivity (Wildman–Crippen MR) is 81.6 cm³/mol. The molecule has 5 nitrogen and oxygen atoms in total. The number of hydrogen-bond acceptors (Lipinski definition) is 3. The molecule has 0 radical (unpaired) electrons. The van der Waals surface area contributed by atoms with Crippen molar-refractivity contribution in [3.63, 3.8) is 0 Å². The van der Waals surface area contributed by atoms with E-state index in [1.165, 1.54) is 18.2 Å². The predicted octanol–water partition coefficient (Wildman–Crippen LogP) is 2.12. The van der Waals surface area contributed by atoms with Crippen LogP contribution >= 0.6 is 0 Å². The lowest BCUT2D eigenvalue weighted by atomic mass is 10.2. The van der Waals surface area contributed by atoms with Crippen molar-refractivity contribution < 1.29 is 9.90 Å². The van der Waals surface area contributed by atoms with Gasteiger partial charge in [-0.2, -0.15) is 0 Å². The fourth-order valence-electron chi connectivity index (χ4n) is 2.26. The number of aromatic nitrogens is 1. The molecule has 0 unspecified atom stereocenters. The molecule has 1 heterocycles. The van der Waals surface area contributed by atoms with Crippen LogP contribution in [-0.4, -0.2) is 15.6 Å². The Balaban J connectivity index is 2.17. The van der Waals surface area contributed by atoms with Gasteiger partial charge >= 0.3 is 0 Å². The van der Waals surface area contributed by atoms with Gasteiger partial charge in [-0.15, -0.1) is 0 Å². The first kappa shape index (κ1) is 14.8. The van der Waals surface area contributed by atoms with Gasteiger partial charge in [-0.05, 0) is 44.5 Å². The van der Waals surface area contributed by atoms with E-state index in [2.05, 4.69) is 5.32 Å². The number of nitrogens with zero attached hydrogens (tertiary/aromatic N) is 1. The van der Waals surface area contributed by atoms with E-state index in [0.29, 0.717) is 5.69 Å². The minimum absolute atomic E-state index is 0.0592. The summed E-state index contributed by atoms with van der Waals surface area (Å²) in [6, 6.07) is 7.79. The zero-order valence-corrected chi connectivity index (χ0v) is 12.3. The first-order valence-electron chi connectivity index (χ1n) is 6.64. The summed E-state index contributed by atoms with van der Waals surface area (Å²) < 4.78 is 1.78. The van der Waals surface area contributed by atoms with Crippen LogP contribution in [0.3, 0.4) is 0 Å². The zero-order valence-electron chi connectivity index (χ0n) is 12.3. The normalized spacial score (nSPS) is 10.4. The van der Waals surface area contributed by atoms with Crippen LogP contribution in [0.5, 0.6) is 5.75 Å². The van der Waals surface area contributed by atoms with Crippen LogP contribution in [0.25, 0.3) is 0 Å². The molecule has 0 atom stereocenters. The highest BCUT2D eigenvalue weighted by Gasteiger charge is 2.09. The van der Waals surface area contributed by atoms with E-state index in [-0.39, 0.29) is 23.6 Å². The molecule has 0 saturated heterocycles. The van der Waals surface area contributed by atoms with Crippen molar-refractivity contribution in [2.45, 2.75) is 27.3 Å². The van der Waals surface area contributed by atoms with Gasteiger partial charge in [-0.3, -0.25) is 9.59 Å². The lowest BCUT2D eigenvalue weighted by molar-refractivity contribution is -0.116. The van der Waals surface area contributed by atoms with Gasteiger partial charge in [-0.1, -0.05) is 0 Å². The molecule has 1 aromatic heterocycles. The molecule has 0 bridgehead atoms. The van der Waals surface area contributed by atoms with Gasteiger partial charge in [0.15, 0.2) is 5.43 Å². The van der Waals surface area contributed by atoms with Crippen molar-refractivity contribution in [3.8, 4) is 5.75 Å². The van der Waals surface area contributed by atoms with Gasteiger partial charge in [0.05, 0.1) is 0 Å². The van der Waals surface area contributed by atoms with Crippen LogP contribution in [0.4, 0.5) is 5.69 Å². The lowest BCUT2D eigenvalue weighted by Crippen LogP contribution is -2.23. The molecule has 2 rings (SSSR count). The van der Waals surface area contributed by atoms with Crippen molar-refractivity contribution in [2.75, 3.05) is 5.32 Å². The third kappa shape index (κ3) is 3.51. The number of hydrogen-bond donors (Lipinski definition) is 2. The molecule has 0 saturated carbocycles. The number of phenols is 1. The Morgan fingerprint density at radius 2 is 1.76 bits per heavy atom. The van der Waals surface area contributed by atoms with Crippen LogP contribution in [-0.2, 0) is 11.3 Å². The molecule has 2 aromatic rings. The summed E-state index contributed by atoms with van der Waals surface area (Å²) >= 11 is 0. The standard InChI is InChI=1S/C16H18N2O3/c1-10-6-13(19)4-5-15(10)17-16(21)9-18-11(2)7-14(20)8-12(18)3/h4-8,19H,9H2,1-3H3,(H,17,21). The molecule has 21 heavy (non-hydrogen) atoms. The summed E-state index contributed by atoms with van der Waals surface area (Å²) in [6.45, 7) is 5.55. The third-order valence-electron chi connectivity index (χ3n) is 3.34. The average Bonchev–Trinajstić information content (AvgIpc) is 2.37. The second-order valence-corrected chi connectivity index (χ2v) is 5.11. The lowest BCUT2D eigenvalue weighted by Gasteiger charge is -2.15. The fraction of sp³-hybridized carbons (Fsp3) is 0.250. The minimum Gasteiger partial charge on any atom is -0.508 e. The average molecular weight is 286 g/mol. The van der Waals surface area contributed by atoms with E-state index in [0.717, 1.165) is 17.0 Å². The molecule has 2 N–H and O–H groups in total. The van der Waals surface area contributed by atoms with Crippen LogP contribution < -0.4 is 10.7 Å². The van der Waals surface area contributed by atoms with Gasteiger partial charge in [0, 0.05) is 29.2 Å². The quantitative estimate of drug-likeness (QED) is 0.849. The molecule has 5 heteroatoms. The van der Waals surface area contributed by atoms with Crippen molar-refractivity contribution in [1.82, 2.24) is 4.57 Å². The second-order valence-electron chi connectivity index (χ2n) is 5.11. The van der Waals surface area contributed by atoms with E-state index >= 15 is 0 Å².